The fourth-order valence-corrected chi connectivity index (χ4v) is 5.38. The number of nitrogens with zero attached hydrogens (tertiary/aromatic N) is 4. The van der Waals surface area contributed by atoms with Gasteiger partial charge in [-0.2, -0.15) is 0 Å². The first-order valence-electron chi connectivity index (χ1n) is 12.1. The van der Waals surface area contributed by atoms with Gasteiger partial charge < -0.3 is 24.6 Å². The molecule has 2 N–H and O–H groups in total. The Morgan fingerprint density at radius 3 is 2.39 bits per heavy atom. The molecule has 0 saturated carbocycles. The maximum absolute atomic E-state index is 10.8. The van der Waals surface area contributed by atoms with Gasteiger partial charge in [0.25, 0.3) is 0 Å². The molecule has 4 heterocycles. The van der Waals surface area contributed by atoms with Crippen LogP contribution in [0, 0.1) is 0 Å². The average molecular weight is 450 g/mol. The van der Waals surface area contributed by atoms with Gasteiger partial charge in [-0.25, -0.2) is 4.98 Å². The molecule has 1 atom stereocenters. The van der Waals surface area contributed by atoms with Crippen LogP contribution in [0.15, 0.2) is 48.8 Å². The van der Waals surface area contributed by atoms with Gasteiger partial charge in [0, 0.05) is 62.7 Å². The van der Waals surface area contributed by atoms with Crippen LogP contribution in [0.25, 0.3) is 11.0 Å². The molecule has 33 heavy (non-hydrogen) atoms. The number of hydrogen-bond donors (Lipinski definition) is 2. The number of ether oxygens (including phenoxy) is 1. The fourth-order valence-electron chi connectivity index (χ4n) is 5.38. The number of aromatic amines is 1. The zero-order valence-electron chi connectivity index (χ0n) is 19.5. The molecular weight excluding hydrogens is 414 g/mol. The van der Waals surface area contributed by atoms with E-state index in [2.05, 4.69) is 49.1 Å². The maximum atomic E-state index is 10.8. The van der Waals surface area contributed by atoms with E-state index in [-0.39, 0.29) is 6.10 Å². The summed E-state index contributed by atoms with van der Waals surface area (Å²) in [6, 6.07) is 12.5. The lowest BCUT2D eigenvalue weighted by molar-refractivity contribution is 0.0629. The Morgan fingerprint density at radius 2 is 1.70 bits per heavy atom. The lowest BCUT2D eigenvalue weighted by Crippen LogP contribution is -2.50. The Balaban J connectivity index is 1.05. The number of β-amino-alcohol motifs (C(OH)–C–C–N with tert-alkyl or cyclic N) is 1. The van der Waals surface area contributed by atoms with Crippen LogP contribution in [0.5, 0.6) is 5.75 Å². The third kappa shape index (κ3) is 5.16. The summed E-state index contributed by atoms with van der Waals surface area (Å²) >= 11 is 0. The monoisotopic (exact) mass is 449 g/mol. The molecular formula is C26H35N5O2. The first-order valence-corrected chi connectivity index (χ1v) is 12.1. The van der Waals surface area contributed by atoms with E-state index in [0.717, 1.165) is 76.6 Å². The highest BCUT2D eigenvalue weighted by atomic mass is 16.5. The van der Waals surface area contributed by atoms with Crippen LogP contribution < -0.4 is 9.64 Å². The number of H-pyrrole nitrogens is 1. The first-order chi connectivity index (χ1) is 16.2. The minimum Gasteiger partial charge on any atom is -0.497 e. The third-order valence-electron chi connectivity index (χ3n) is 7.26. The van der Waals surface area contributed by atoms with Crippen LogP contribution in [0.1, 0.15) is 24.3 Å². The summed E-state index contributed by atoms with van der Waals surface area (Å²) < 4.78 is 5.26. The number of methoxy groups -OCH3 is 1. The summed E-state index contributed by atoms with van der Waals surface area (Å²) in [4.78, 5) is 15.0. The molecule has 0 amide bonds. The molecule has 0 aliphatic carbocycles. The van der Waals surface area contributed by atoms with Crippen molar-refractivity contribution in [3.05, 3.63) is 54.4 Å². The Kier molecular flexibility index (Phi) is 6.80. The van der Waals surface area contributed by atoms with Crippen LogP contribution in [0.3, 0.4) is 0 Å². The number of pyridine rings is 1. The Bertz CT molecular complexity index is 1020. The number of piperidine rings is 1. The van der Waals surface area contributed by atoms with Gasteiger partial charge in [0.15, 0.2) is 0 Å². The maximum Gasteiger partial charge on any atom is 0.137 e. The predicted octanol–water partition coefficient (Wildman–Crippen LogP) is 2.93. The van der Waals surface area contributed by atoms with Gasteiger partial charge in [-0.3, -0.25) is 4.90 Å². The first kappa shape index (κ1) is 22.2. The van der Waals surface area contributed by atoms with E-state index in [1.807, 2.05) is 24.4 Å². The molecule has 5 rings (SSSR count). The predicted molar refractivity (Wildman–Crippen MR) is 132 cm³/mol. The molecule has 0 spiro atoms. The standard InChI is InChI=1S/C26H35N5O2/c1-33-23-6-4-21(5-7-23)31-15-13-30(14-16-31)19-22(32)18-29-11-8-20(9-12-29)25-17-28-26-24(25)3-2-10-27-26/h2-7,10,17,20,22,32H,8-9,11-16,18-19H2,1H3,(H,27,28). The highest BCUT2D eigenvalue weighted by Gasteiger charge is 2.25. The van der Waals surface area contributed by atoms with Crippen LogP contribution in [-0.2, 0) is 0 Å². The van der Waals surface area contributed by atoms with E-state index in [1.54, 1.807) is 7.11 Å². The Labute approximate surface area is 196 Å². The molecule has 2 aliphatic rings. The number of anilines is 1. The number of aliphatic hydroxyl groups is 1. The summed E-state index contributed by atoms with van der Waals surface area (Å²) in [6.45, 7) is 7.55. The number of aromatic nitrogens is 2. The number of rotatable bonds is 7. The Morgan fingerprint density at radius 1 is 1.00 bits per heavy atom. The van der Waals surface area contributed by atoms with Gasteiger partial charge in [-0.1, -0.05) is 0 Å². The average Bonchev–Trinajstić information content (AvgIpc) is 3.29. The second kappa shape index (κ2) is 10.1. The van der Waals surface area contributed by atoms with Crippen molar-refractivity contribution >= 4 is 16.7 Å². The summed E-state index contributed by atoms with van der Waals surface area (Å²) in [5.41, 5.74) is 3.62. The molecule has 7 heteroatoms. The van der Waals surface area contributed by atoms with Crippen LogP contribution in [0.4, 0.5) is 5.69 Å². The van der Waals surface area contributed by atoms with E-state index in [0.29, 0.717) is 5.92 Å². The summed E-state index contributed by atoms with van der Waals surface area (Å²) in [5, 5.41) is 12.0. The van der Waals surface area contributed by atoms with Crippen molar-refractivity contribution < 1.29 is 9.84 Å². The molecule has 7 nitrogen and oxygen atoms in total. The molecule has 2 saturated heterocycles. The van der Waals surface area contributed by atoms with Gasteiger partial charge in [0.2, 0.25) is 0 Å². The molecule has 2 aromatic heterocycles. The van der Waals surface area contributed by atoms with Crippen molar-refractivity contribution in [1.29, 1.82) is 0 Å². The molecule has 176 valence electrons. The number of likely N-dealkylation sites (tertiary alicyclic amines) is 1. The second-order valence-electron chi connectivity index (χ2n) is 9.36. The van der Waals surface area contributed by atoms with Crippen molar-refractivity contribution in [3.8, 4) is 5.75 Å². The van der Waals surface area contributed by atoms with Crippen molar-refractivity contribution in [1.82, 2.24) is 19.8 Å². The normalized spacial score (nSPS) is 19.8. The molecule has 2 fully saturated rings. The molecule has 0 radical (unpaired) electrons. The highest BCUT2D eigenvalue weighted by Crippen LogP contribution is 2.32. The largest absolute Gasteiger partial charge is 0.497 e. The number of aliphatic hydroxyl groups excluding tert-OH is 1. The number of piperazine rings is 1. The van der Waals surface area contributed by atoms with Crippen molar-refractivity contribution in [2.75, 3.05) is 64.4 Å². The summed E-state index contributed by atoms with van der Waals surface area (Å²) in [5.74, 6) is 1.46. The Hall–Kier alpha value is -2.61. The van der Waals surface area contributed by atoms with Gasteiger partial charge >= 0.3 is 0 Å². The SMILES string of the molecule is COc1ccc(N2CCN(CC(O)CN3CCC(c4c[nH]c5ncccc45)CC3)CC2)cc1. The van der Waals surface area contributed by atoms with E-state index in [4.69, 9.17) is 4.74 Å². The lowest BCUT2D eigenvalue weighted by atomic mass is 9.89. The minimum absolute atomic E-state index is 0.300. The van der Waals surface area contributed by atoms with Gasteiger partial charge in [-0.15, -0.1) is 0 Å². The van der Waals surface area contributed by atoms with Crippen molar-refractivity contribution in [2.24, 2.45) is 0 Å². The minimum atomic E-state index is -0.300. The van der Waals surface area contributed by atoms with Crippen molar-refractivity contribution in [3.63, 3.8) is 0 Å². The summed E-state index contributed by atoms with van der Waals surface area (Å²) in [7, 11) is 1.70. The molecule has 0 bridgehead atoms. The third-order valence-corrected chi connectivity index (χ3v) is 7.26. The number of benzene rings is 1. The van der Waals surface area contributed by atoms with Gasteiger partial charge in [-0.05, 0) is 73.8 Å². The van der Waals surface area contributed by atoms with Crippen molar-refractivity contribution in [2.45, 2.75) is 24.9 Å². The van der Waals surface area contributed by atoms with E-state index >= 15 is 0 Å². The number of hydrogen-bond acceptors (Lipinski definition) is 6. The quantitative estimate of drug-likeness (QED) is 0.578. The smallest absolute Gasteiger partial charge is 0.137 e. The van der Waals surface area contributed by atoms with E-state index in [1.165, 1.54) is 16.6 Å². The second-order valence-corrected chi connectivity index (χ2v) is 9.36. The highest BCUT2D eigenvalue weighted by molar-refractivity contribution is 5.80. The summed E-state index contributed by atoms with van der Waals surface area (Å²) in [6.07, 6.45) is 5.94. The van der Waals surface area contributed by atoms with Crippen LogP contribution >= 0.6 is 0 Å². The number of fused-ring (bicyclic) bond motifs is 1. The zero-order chi connectivity index (χ0) is 22.6. The number of nitrogens with one attached hydrogen (secondary N) is 1. The van der Waals surface area contributed by atoms with E-state index in [9.17, 15) is 5.11 Å². The van der Waals surface area contributed by atoms with Gasteiger partial charge in [0.1, 0.15) is 11.4 Å². The molecule has 3 aromatic rings. The molecule has 1 aromatic carbocycles. The van der Waals surface area contributed by atoms with E-state index < -0.39 is 0 Å². The zero-order valence-corrected chi connectivity index (χ0v) is 19.5. The fraction of sp³-hybridized carbons (Fsp3) is 0.500. The lowest BCUT2D eigenvalue weighted by Gasteiger charge is -2.38. The van der Waals surface area contributed by atoms with Crippen LogP contribution in [0.2, 0.25) is 0 Å². The van der Waals surface area contributed by atoms with Gasteiger partial charge in [0.05, 0.1) is 13.2 Å². The topological polar surface area (TPSA) is 67.9 Å². The molecule has 1 unspecified atom stereocenters. The molecule has 2 aliphatic heterocycles. The van der Waals surface area contributed by atoms with Crippen LogP contribution in [-0.4, -0.2) is 90.4 Å².